The van der Waals surface area contributed by atoms with Gasteiger partial charge in [0.2, 0.25) is 0 Å². The van der Waals surface area contributed by atoms with Crippen LogP contribution in [-0.2, 0) is 0 Å². The van der Waals surface area contributed by atoms with Crippen molar-refractivity contribution in [2.75, 3.05) is 19.0 Å². The molecule has 0 radical (unpaired) electrons. The zero-order chi connectivity index (χ0) is 11.3. The highest BCUT2D eigenvalue weighted by atomic mass is 16.5. The molecule has 0 heterocycles. The molecule has 1 amide bonds. The van der Waals surface area contributed by atoms with Gasteiger partial charge in [0, 0.05) is 17.8 Å². The molecule has 0 aliphatic heterocycles. The second kappa shape index (κ2) is 5.09. The number of ether oxygens (including phenoxy) is 1. The van der Waals surface area contributed by atoms with Crippen LogP contribution >= 0.6 is 0 Å². The third-order valence-electron chi connectivity index (χ3n) is 1.88. The van der Waals surface area contributed by atoms with Crippen LogP contribution in [0.1, 0.15) is 17.3 Å². The van der Waals surface area contributed by atoms with Crippen LogP contribution in [0, 0.1) is 4.91 Å². The Morgan fingerprint density at radius 3 is 2.80 bits per heavy atom. The van der Waals surface area contributed by atoms with E-state index in [0.29, 0.717) is 12.4 Å². The Labute approximate surface area is 87.4 Å². The van der Waals surface area contributed by atoms with Crippen molar-refractivity contribution in [2.45, 2.75) is 6.92 Å². The molecule has 0 bridgehead atoms. The maximum atomic E-state index is 11.0. The summed E-state index contributed by atoms with van der Waals surface area (Å²) >= 11 is 0. The minimum atomic E-state index is -0.793. The number of amides is 1. The Hall–Kier alpha value is -1.91. The molecule has 5 nitrogen and oxygen atoms in total. The predicted octanol–water partition coefficient (Wildman–Crippen LogP) is 2.03. The zero-order valence-corrected chi connectivity index (χ0v) is 8.61. The number of nitroso groups, excluding NO2 is 1. The van der Waals surface area contributed by atoms with Crippen LogP contribution in [0.2, 0.25) is 0 Å². The smallest absolute Gasteiger partial charge is 0.316 e. The fourth-order valence-electron chi connectivity index (χ4n) is 1.19. The van der Waals surface area contributed by atoms with Gasteiger partial charge in [-0.2, -0.15) is 0 Å². The van der Waals surface area contributed by atoms with Crippen molar-refractivity contribution < 1.29 is 9.53 Å². The fourth-order valence-corrected chi connectivity index (χ4v) is 1.19. The third kappa shape index (κ3) is 2.52. The summed E-state index contributed by atoms with van der Waals surface area (Å²) in [5, 5.41) is 5.27. The van der Waals surface area contributed by atoms with E-state index in [1.165, 1.54) is 12.1 Å². The molecule has 1 aromatic rings. The molecule has 5 heteroatoms. The van der Waals surface area contributed by atoms with E-state index in [9.17, 15) is 9.70 Å². The minimum Gasteiger partial charge on any atom is -0.492 e. The van der Waals surface area contributed by atoms with Crippen LogP contribution < -0.4 is 10.1 Å². The van der Waals surface area contributed by atoms with Crippen molar-refractivity contribution in [1.82, 2.24) is 0 Å². The van der Waals surface area contributed by atoms with Gasteiger partial charge < -0.3 is 10.1 Å². The summed E-state index contributed by atoms with van der Waals surface area (Å²) in [4.78, 5) is 21.1. The van der Waals surface area contributed by atoms with Crippen LogP contribution in [0.5, 0.6) is 5.75 Å². The van der Waals surface area contributed by atoms with E-state index in [1.807, 2.05) is 6.92 Å². The van der Waals surface area contributed by atoms with E-state index in [0.717, 1.165) is 5.69 Å². The number of nitrogens with zero attached hydrogens (tertiary/aromatic N) is 1. The molecule has 80 valence electrons. The average molecular weight is 208 g/mol. The van der Waals surface area contributed by atoms with E-state index in [-0.39, 0.29) is 5.56 Å². The highest BCUT2D eigenvalue weighted by Gasteiger charge is 2.09. The molecule has 0 aliphatic carbocycles. The van der Waals surface area contributed by atoms with Gasteiger partial charge >= 0.3 is 5.91 Å². The second-order valence-electron chi connectivity index (χ2n) is 2.79. The molecule has 15 heavy (non-hydrogen) atoms. The lowest BCUT2D eigenvalue weighted by molar-refractivity contribution is 0.100. The maximum Gasteiger partial charge on any atom is 0.316 e. The third-order valence-corrected chi connectivity index (χ3v) is 1.88. The van der Waals surface area contributed by atoms with Gasteiger partial charge in [0.15, 0.2) is 0 Å². The van der Waals surface area contributed by atoms with Crippen molar-refractivity contribution in [3.63, 3.8) is 0 Å². The van der Waals surface area contributed by atoms with E-state index < -0.39 is 5.91 Å². The molecule has 0 saturated carbocycles. The monoisotopic (exact) mass is 208 g/mol. The van der Waals surface area contributed by atoms with Gasteiger partial charge in [0.1, 0.15) is 5.75 Å². The molecule has 0 saturated heterocycles. The molecule has 0 unspecified atom stereocenters. The Bertz CT molecular complexity index is 377. The second-order valence-corrected chi connectivity index (χ2v) is 2.79. The van der Waals surface area contributed by atoms with Crippen molar-refractivity contribution >= 4 is 11.6 Å². The van der Waals surface area contributed by atoms with E-state index >= 15 is 0 Å². The van der Waals surface area contributed by atoms with Gasteiger partial charge in [0.05, 0.1) is 12.3 Å². The summed E-state index contributed by atoms with van der Waals surface area (Å²) in [7, 11) is 1.75. The molecular weight excluding hydrogens is 196 g/mol. The van der Waals surface area contributed by atoms with Crippen molar-refractivity contribution in [1.29, 1.82) is 0 Å². The van der Waals surface area contributed by atoms with E-state index in [1.54, 1.807) is 13.1 Å². The summed E-state index contributed by atoms with van der Waals surface area (Å²) in [5.74, 6) is -0.256. The number of carbonyl (C=O) groups is 1. The highest BCUT2D eigenvalue weighted by molar-refractivity contribution is 5.95. The first kappa shape index (κ1) is 11.2. The predicted molar refractivity (Wildman–Crippen MR) is 57.3 cm³/mol. The molecule has 0 aliphatic rings. The van der Waals surface area contributed by atoms with E-state index in [2.05, 4.69) is 10.5 Å². The lowest BCUT2D eigenvalue weighted by Crippen LogP contribution is -2.00. The Kier molecular flexibility index (Phi) is 3.79. The highest BCUT2D eigenvalue weighted by Crippen LogP contribution is 2.25. The van der Waals surface area contributed by atoms with Crippen LogP contribution in [0.15, 0.2) is 23.4 Å². The molecule has 0 spiro atoms. The Balaban J connectivity index is 3.09. The Morgan fingerprint density at radius 1 is 1.53 bits per heavy atom. The number of anilines is 1. The number of rotatable bonds is 4. The summed E-state index contributed by atoms with van der Waals surface area (Å²) in [5.41, 5.74) is 0.992. The lowest BCUT2D eigenvalue weighted by atomic mass is 10.2. The average Bonchev–Trinajstić information content (AvgIpc) is 2.28. The number of nitrogens with one attached hydrogen (secondary N) is 1. The first-order valence-electron chi connectivity index (χ1n) is 4.55. The molecule has 1 aromatic carbocycles. The minimum absolute atomic E-state index is 0.229. The standard InChI is InChI=1S/C10H12N2O3/c1-3-15-9-6-7(10(13)12-14)4-5-8(9)11-2/h4-6,11H,3H2,1-2H3. The van der Waals surface area contributed by atoms with Gasteiger partial charge in [-0.1, -0.05) is 0 Å². The summed E-state index contributed by atoms with van der Waals surface area (Å²) < 4.78 is 5.30. The SMILES string of the molecule is CCOc1cc(C(=O)N=O)ccc1NC. The fraction of sp³-hybridized carbons (Fsp3) is 0.300. The Morgan fingerprint density at radius 2 is 2.27 bits per heavy atom. The van der Waals surface area contributed by atoms with Gasteiger partial charge in [-0.3, -0.25) is 4.79 Å². The normalized spacial score (nSPS) is 9.47. The number of benzene rings is 1. The van der Waals surface area contributed by atoms with Crippen molar-refractivity contribution in [2.24, 2.45) is 5.18 Å². The first-order valence-corrected chi connectivity index (χ1v) is 4.55. The lowest BCUT2D eigenvalue weighted by Gasteiger charge is -2.09. The molecule has 0 fully saturated rings. The van der Waals surface area contributed by atoms with Crippen LogP contribution in [0.25, 0.3) is 0 Å². The van der Waals surface area contributed by atoms with Gasteiger partial charge in [0.25, 0.3) is 0 Å². The van der Waals surface area contributed by atoms with Crippen LogP contribution in [0.3, 0.4) is 0 Å². The van der Waals surface area contributed by atoms with E-state index in [4.69, 9.17) is 4.74 Å². The van der Waals surface area contributed by atoms with Crippen molar-refractivity contribution in [3.05, 3.63) is 28.7 Å². The molecular formula is C10H12N2O3. The molecule has 0 atom stereocenters. The molecule has 1 rings (SSSR count). The van der Waals surface area contributed by atoms with Gasteiger partial charge in [-0.05, 0) is 25.1 Å². The first-order chi connectivity index (χ1) is 7.22. The zero-order valence-electron chi connectivity index (χ0n) is 8.61. The van der Waals surface area contributed by atoms with Crippen molar-refractivity contribution in [3.8, 4) is 5.75 Å². The summed E-state index contributed by atoms with van der Waals surface area (Å²) in [6.45, 7) is 2.33. The van der Waals surface area contributed by atoms with Gasteiger partial charge in [-0.25, -0.2) is 0 Å². The largest absolute Gasteiger partial charge is 0.492 e. The molecule has 1 N–H and O–H groups in total. The topological polar surface area (TPSA) is 67.8 Å². The quantitative estimate of drug-likeness (QED) is 0.769. The number of hydrogen-bond donors (Lipinski definition) is 1. The summed E-state index contributed by atoms with van der Waals surface area (Å²) in [6, 6.07) is 4.69. The maximum absolute atomic E-state index is 11.0. The molecule has 0 aromatic heterocycles. The van der Waals surface area contributed by atoms with Crippen LogP contribution in [0.4, 0.5) is 5.69 Å². The van der Waals surface area contributed by atoms with Gasteiger partial charge in [-0.15, -0.1) is 4.91 Å². The van der Waals surface area contributed by atoms with Crippen LogP contribution in [-0.4, -0.2) is 19.6 Å². The number of carbonyl (C=O) groups excluding carboxylic acids is 1. The summed E-state index contributed by atoms with van der Waals surface area (Å²) in [6.07, 6.45) is 0. The number of hydrogen-bond acceptors (Lipinski definition) is 4.